The Morgan fingerprint density at radius 2 is 1.47 bits per heavy atom. The summed E-state index contributed by atoms with van der Waals surface area (Å²) in [5.74, 6) is -5.62. The van der Waals surface area contributed by atoms with Crippen molar-refractivity contribution in [1.82, 2.24) is 0 Å². The molecule has 0 radical (unpaired) electrons. The summed E-state index contributed by atoms with van der Waals surface area (Å²) in [7, 11) is 0. The smallest absolute Gasteiger partial charge is 0.241 e. The van der Waals surface area contributed by atoms with Crippen LogP contribution in [0, 0.1) is 24.6 Å². The number of amides is 2. The number of hydrogen-bond donors (Lipinski definition) is 0. The van der Waals surface area contributed by atoms with Crippen LogP contribution < -0.4 is 4.90 Å². The van der Waals surface area contributed by atoms with E-state index in [0.29, 0.717) is 5.69 Å². The Kier molecular flexibility index (Phi) is 4.25. The summed E-state index contributed by atoms with van der Waals surface area (Å²) in [5.41, 5.74) is -0.288. The zero-order valence-electron chi connectivity index (χ0n) is 18.0. The lowest BCUT2D eigenvalue weighted by molar-refractivity contribution is -0.127. The number of Topliss-reactive ketones (excluding diaryl/α,β-unsaturated/α-hetero) is 2. The Hall–Kier alpha value is -3.97. The number of aryl methyl sites for hydroxylation is 1. The van der Waals surface area contributed by atoms with Gasteiger partial charge in [0.1, 0.15) is 5.82 Å². The predicted octanol–water partition coefficient (Wildman–Crippen LogP) is 3.83. The molecule has 7 heteroatoms. The average Bonchev–Trinajstić information content (AvgIpc) is 3.40. The Labute approximate surface area is 193 Å². The van der Waals surface area contributed by atoms with Gasteiger partial charge in [-0.05, 0) is 36.8 Å². The molecule has 0 unspecified atom stereocenters. The van der Waals surface area contributed by atoms with Crippen LogP contribution in [0.25, 0.3) is 0 Å². The number of carbonyl (C=O) groups is 4. The second kappa shape index (κ2) is 7.01. The molecule has 34 heavy (non-hydrogen) atoms. The largest absolute Gasteiger partial charge is 0.349 e. The van der Waals surface area contributed by atoms with Crippen molar-refractivity contribution in [2.24, 2.45) is 11.8 Å². The van der Waals surface area contributed by atoms with Crippen LogP contribution in [0.3, 0.4) is 0 Å². The predicted molar refractivity (Wildman–Crippen MR) is 119 cm³/mol. The van der Waals surface area contributed by atoms with Crippen LogP contribution in [0.2, 0.25) is 0 Å². The second-order valence-electron chi connectivity index (χ2n) is 8.88. The van der Waals surface area contributed by atoms with Crippen LogP contribution >= 0.6 is 0 Å². The standard InChI is InChI=1S/C27H18FNO5/c1-14-9-11-17(12-10-14)29-25(32)20-21(26(29)33)27(34-22(20)15-5-4-6-16(28)13-15)23(30)18-7-2-3-8-19(18)24(27)31/h2-13,20-22H,1H3/t20-,21+,22+/m1/s1. The van der Waals surface area contributed by atoms with Crippen molar-refractivity contribution in [3.8, 4) is 0 Å². The van der Waals surface area contributed by atoms with E-state index in [0.717, 1.165) is 10.5 Å². The molecule has 3 aromatic rings. The minimum atomic E-state index is -2.17. The van der Waals surface area contributed by atoms with E-state index >= 15 is 0 Å². The van der Waals surface area contributed by atoms with E-state index in [1.807, 2.05) is 6.92 Å². The fourth-order valence-corrected chi connectivity index (χ4v) is 5.45. The number of fused-ring (bicyclic) bond motifs is 3. The average molecular weight is 455 g/mol. The van der Waals surface area contributed by atoms with Gasteiger partial charge in [-0.25, -0.2) is 9.29 Å². The molecule has 0 saturated carbocycles. The number of carbonyl (C=O) groups excluding carboxylic acids is 4. The SMILES string of the molecule is Cc1ccc(N2C(=O)[C@@H]3[C@@H](C2=O)C2(O[C@H]3c3cccc(F)c3)C(=O)c3ccccc3C2=O)cc1. The highest BCUT2D eigenvalue weighted by Crippen LogP contribution is 2.57. The lowest BCUT2D eigenvalue weighted by atomic mass is 9.77. The van der Waals surface area contributed by atoms with Gasteiger partial charge < -0.3 is 4.74 Å². The van der Waals surface area contributed by atoms with Crippen LogP contribution in [0.1, 0.15) is 37.9 Å². The third-order valence-electron chi connectivity index (χ3n) is 6.99. The zero-order chi connectivity index (χ0) is 23.8. The van der Waals surface area contributed by atoms with Gasteiger partial charge in [-0.1, -0.05) is 54.1 Å². The number of rotatable bonds is 2. The van der Waals surface area contributed by atoms with Gasteiger partial charge in [0.2, 0.25) is 29.0 Å². The van der Waals surface area contributed by atoms with Crippen molar-refractivity contribution >= 4 is 29.1 Å². The first-order valence-corrected chi connectivity index (χ1v) is 10.9. The molecule has 2 saturated heterocycles. The molecule has 2 fully saturated rings. The number of benzene rings is 3. The molecule has 2 heterocycles. The first-order chi connectivity index (χ1) is 16.3. The first-order valence-electron chi connectivity index (χ1n) is 10.9. The second-order valence-corrected chi connectivity index (χ2v) is 8.88. The normalized spacial score (nSPS) is 24.8. The molecule has 3 aliphatic rings. The maximum atomic E-state index is 14.1. The molecule has 0 bridgehead atoms. The van der Waals surface area contributed by atoms with Crippen LogP contribution in [-0.4, -0.2) is 29.0 Å². The fraction of sp³-hybridized carbons (Fsp3) is 0.185. The van der Waals surface area contributed by atoms with E-state index in [1.54, 1.807) is 42.5 Å². The molecule has 2 amide bonds. The monoisotopic (exact) mass is 455 g/mol. The molecule has 0 aromatic heterocycles. The maximum absolute atomic E-state index is 14.1. The topological polar surface area (TPSA) is 80.8 Å². The maximum Gasteiger partial charge on any atom is 0.241 e. The van der Waals surface area contributed by atoms with Gasteiger partial charge >= 0.3 is 0 Å². The number of ketones is 2. The van der Waals surface area contributed by atoms with Gasteiger partial charge in [-0.2, -0.15) is 0 Å². The van der Waals surface area contributed by atoms with Gasteiger partial charge in [0.15, 0.2) is 0 Å². The third-order valence-corrected chi connectivity index (χ3v) is 6.99. The molecule has 3 aromatic carbocycles. The van der Waals surface area contributed by atoms with Gasteiger partial charge in [0.25, 0.3) is 0 Å². The Balaban J connectivity index is 1.55. The summed E-state index contributed by atoms with van der Waals surface area (Å²) in [6, 6.07) is 18.6. The summed E-state index contributed by atoms with van der Waals surface area (Å²) in [5, 5.41) is 0. The molecule has 3 atom stereocenters. The Morgan fingerprint density at radius 1 is 0.824 bits per heavy atom. The first kappa shape index (κ1) is 20.6. The Bertz CT molecular complexity index is 1380. The summed E-state index contributed by atoms with van der Waals surface area (Å²) < 4.78 is 20.2. The molecule has 2 aliphatic heterocycles. The van der Waals surface area contributed by atoms with E-state index in [2.05, 4.69) is 0 Å². The summed E-state index contributed by atoms with van der Waals surface area (Å²) in [6.45, 7) is 1.88. The highest BCUT2D eigenvalue weighted by Gasteiger charge is 2.74. The number of anilines is 1. The van der Waals surface area contributed by atoms with Crippen LogP contribution in [-0.2, 0) is 14.3 Å². The van der Waals surface area contributed by atoms with Gasteiger partial charge in [-0.15, -0.1) is 0 Å². The van der Waals surface area contributed by atoms with Crippen LogP contribution in [0.15, 0.2) is 72.8 Å². The molecule has 0 N–H and O–H groups in total. The minimum absolute atomic E-state index is 0.153. The van der Waals surface area contributed by atoms with Crippen molar-refractivity contribution < 1.29 is 28.3 Å². The highest BCUT2D eigenvalue weighted by atomic mass is 19.1. The van der Waals surface area contributed by atoms with Crippen molar-refractivity contribution in [2.75, 3.05) is 4.90 Å². The Morgan fingerprint density at radius 3 is 2.09 bits per heavy atom. The summed E-state index contributed by atoms with van der Waals surface area (Å²) in [4.78, 5) is 55.8. The number of nitrogens with zero attached hydrogens (tertiary/aromatic N) is 1. The number of imide groups is 1. The van der Waals surface area contributed by atoms with Crippen molar-refractivity contribution in [1.29, 1.82) is 0 Å². The molecule has 6 nitrogen and oxygen atoms in total. The lowest BCUT2D eigenvalue weighted by Crippen LogP contribution is -2.51. The number of hydrogen-bond acceptors (Lipinski definition) is 5. The van der Waals surface area contributed by atoms with Crippen LogP contribution in [0.5, 0.6) is 0 Å². The highest BCUT2D eigenvalue weighted by molar-refractivity contribution is 6.37. The summed E-state index contributed by atoms with van der Waals surface area (Å²) in [6.07, 6.45) is -1.14. The minimum Gasteiger partial charge on any atom is -0.349 e. The molecular formula is C27H18FNO5. The van der Waals surface area contributed by atoms with E-state index in [1.165, 1.54) is 30.3 Å². The van der Waals surface area contributed by atoms with Gasteiger partial charge in [0.05, 0.1) is 23.6 Å². The molecule has 1 spiro atoms. The van der Waals surface area contributed by atoms with E-state index in [-0.39, 0.29) is 16.7 Å². The van der Waals surface area contributed by atoms with E-state index in [4.69, 9.17) is 4.74 Å². The zero-order valence-corrected chi connectivity index (χ0v) is 18.0. The molecule has 1 aliphatic carbocycles. The van der Waals surface area contributed by atoms with Gasteiger partial charge in [-0.3, -0.25) is 19.2 Å². The van der Waals surface area contributed by atoms with Crippen LogP contribution in [0.4, 0.5) is 10.1 Å². The number of halogens is 1. The fourth-order valence-electron chi connectivity index (χ4n) is 5.45. The summed E-state index contributed by atoms with van der Waals surface area (Å²) >= 11 is 0. The van der Waals surface area contributed by atoms with Crippen molar-refractivity contribution in [2.45, 2.75) is 18.6 Å². The lowest BCUT2D eigenvalue weighted by Gasteiger charge is -2.27. The molecular weight excluding hydrogens is 437 g/mol. The third kappa shape index (κ3) is 2.53. The van der Waals surface area contributed by atoms with E-state index in [9.17, 15) is 23.6 Å². The number of ether oxygens (including phenoxy) is 1. The van der Waals surface area contributed by atoms with Crippen molar-refractivity contribution in [3.05, 3.63) is 101 Å². The molecule has 6 rings (SSSR count). The quantitative estimate of drug-likeness (QED) is 0.433. The van der Waals surface area contributed by atoms with Crippen molar-refractivity contribution in [3.63, 3.8) is 0 Å². The molecule has 168 valence electrons. The van der Waals surface area contributed by atoms with Gasteiger partial charge in [0, 0.05) is 11.1 Å². The van der Waals surface area contributed by atoms with E-state index < -0.39 is 52.7 Å².